The SMILES string of the molecule is COCCOc1ccc(C(CC2CCN(C(=O)OC(C)(C)C)CC2)NC(=O)c2ccc(F)cc2)cn1. The van der Waals surface area contributed by atoms with Crippen molar-refractivity contribution in [1.82, 2.24) is 15.2 Å². The van der Waals surface area contributed by atoms with E-state index >= 15 is 0 Å². The third-order valence-electron chi connectivity index (χ3n) is 5.95. The third-order valence-corrected chi connectivity index (χ3v) is 5.95. The molecule has 36 heavy (non-hydrogen) atoms. The molecule has 9 heteroatoms. The number of piperidine rings is 1. The zero-order valence-corrected chi connectivity index (χ0v) is 21.5. The molecule has 3 rings (SSSR count). The number of carbonyl (C=O) groups excluding carboxylic acids is 2. The Balaban J connectivity index is 1.67. The van der Waals surface area contributed by atoms with E-state index in [0.717, 1.165) is 18.4 Å². The van der Waals surface area contributed by atoms with Gasteiger partial charge in [-0.3, -0.25) is 4.79 Å². The number of ether oxygens (including phenoxy) is 3. The van der Waals surface area contributed by atoms with Gasteiger partial charge in [0.05, 0.1) is 12.6 Å². The maximum Gasteiger partial charge on any atom is 0.410 e. The Morgan fingerprint density at radius 1 is 1.11 bits per heavy atom. The maximum absolute atomic E-state index is 13.3. The fraction of sp³-hybridized carbons (Fsp3) is 0.519. The van der Waals surface area contributed by atoms with Gasteiger partial charge in [0.25, 0.3) is 5.91 Å². The first-order valence-corrected chi connectivity index (χ1v) is 12.3. The summed E-state index contributed by atoms with van der Waals surface area (Å²) in [5.41, 5.74) is 0.698. The molecule has 2 aromatic rings. The predicted molar refractivity (Wildman–Crippen MR) is 133 cm³/mol. The van der Waals surface area contributed by atoms with Crippen LogP contribution in [0.1, 0.15) is 62.0 Å². The number of pyridine rings is 1. The molecule has 8 nitrogen and oxygen atoms in total. The number of rotatable bonds is 9. The van der Waals surface area contributed by atoms with Gasteiger partial charge < -0.3 is 24.4 Å². The van der Waals surface area contributed by atoms with Crippen LogP contribution in [0.15, 0.2) is 42.6 Å². The number of amides is 2. The Bertz CT molecular complexity index is 984. The number of benzene rings is 1. The quantitative estimate of drug-likeness (QED) is 0.499. The molecule has 1 aromatic heterocycles. The molecule has 2 heterocycles. The molecular weight excluding hydrogens is 465 g/mol. The monoisotopic (exact) mass is 501 g/mol. The lowest BCUT2D eigenvalue weighted by molar-refractivity contribution is 0.0178. The van der Waals surface area contributed by atoms with Crippen molar-refractivity contribution in [3.05, 3.63) is 59.5 Å². The Kier molecular flexibility index (Phi) is 9.64. The van der Waals surface area contributed by atoms with Gasteiger partial charge in [-0.2, -0.15) is 0 Å². The molecule has 1 atom stereocenters. The number of halogens is 1. The van der Waals surface area contributed by atoms with Crippen LogP contribution in [-0.2, 0) is 9.47 Å². The fourth-order valence-corrected chi connectivity index (χ4v) is 4.05. The molecular formula is C27H36FN3O5. The smallest absolute Gasteiger partial charge is 0.410 e. The van der Waals surface area contributed by atoms with Gasteiger partial charge in [-0.25, -0.2) is 14.2 Å². The zero-order chi connectivity index (χ0) is 26.1. The normalized spacial score (nSPS) is 15.3. The van der Waals surface area contributed by atoms with Gasteiger partial charge in [0.1, 0.15) is 18.0 Å². The average Bonchev–Trinajstić information content (AvgIpc) is 2.84. The molecule has 1 saturated heterocycles. The molecule has 1 fully saturated rings. The van der Waals surface area contributed by atoms with Crippen LogP contribution < -0.4 is 10.1 Å². The third kappa shape index (κ3) is 8.48. The standard InChI is InChI=1S/C27H36FN3O5/c1-27(2,3)36-26(33)31-13-11-19(12-14-31)17-23(30-25(32)20-5-8-22(28)9-6-20)21-7-10-24(29-18-21)35-16-15-34-4/h5-10,18-19,23H,11-17H2,1-4H3,(H,30,32). The highest BCUT2D eigenvalue weighted by Crippen LogP contribution is 2.30. The molecule has 0 spiro atoms. The largest absolute Gasteiger partial charge is 0.475 e. The number of likely N-dealkylation sites (tertiary alicyclic amines) is 1. The van der Waals surface area contributed by atoms with Crippen LogP contribution >= 0.6 is 0 Å². The summed E-state index contributed by atoms with van der Waals surface area (Å²) in [6.45, 7) is 7.62. The summed E-state index contributed by atoms with van der Waals surface area (Å²) in [6.07, 6.45) is 3.69. The van der Waals surface area contributed by atoms with Gasteiger partial charge in [-0.15, -0.1) is 0 Å². The number of methoxy groups -OCH3 is 1. The van der Waals surface area contributed by atoms with E-state index in [9.17, 15) is 14.0 Å². The van der Waals surface area contributed by atoms with Gasteiger partial charge in [-0.05, 0) is 75.8 Å². The summed E-state index contributed by atoms with van der Waals surface area (Å²) in [6, 6.07) is 8.82. The summed E-state index contributed by atoms with van der Waals surface area (Å²) < 4.78 is 29.4. The Hall–Kier alpha value is -3.20. The van der Waals surface area contributed by atoms with Crippen LogP contribution in [0.25, 0.3) is 0 Å². The fourth-order valence-electron chi connectivity index (χ4n) is 4.05. The van der Waals surface area contributed by atoms with Gasteiger partial charge in [0, 0.05) is 38.0 Å². The second-order valence-corrected chi connectivity index (χ2v) is 9.95. The Morgan fingerprint density at radius 2 is 1.81 bits per heavy atom. The van der Waals surface area contributed by atoms with Crippen LogP contribution in [-0.4, -0.2) is 60.9 Å². The van der Waals surface area contributed by atoms with E-state index in [2.05, 4.69) is 10.3 Å². The highest BCUT2D eigenvalue weighted by molar-refractivity contribution is 5.94. The van der Waals surface area contributed by atoms with E-state index in [4.69, 9.17) is 14.2 Å². The van der Waals surface area contributed by atoms with Crippen LogP contribution in [0, 0.1) is 11.7 Å². The van der Waals surface area contributed by atoms with Crippen LogP contribution in [0.3, 0.4) is 0 Å². The average molecular weight is 502 g/mol. The second-order valence-electron chi connectivity index (χ2n) is 9.95. The minimum absolute atomic E-state index is 0.286. The van der Waals surface area contributed by atoms with Crippen molar-refractivity contribution < 1.29 is 28.2 Å². The summed E-state index contributed by atoms with van der Waals surface area (Å²) in [5, 5.41) is 3.09. The number of hydrogen-bond donors (Lipinski definition) is 1. The molecule has 0 aliphatic carbocycles. The highest BCUT2D eigenvalue weighted by atomic mass is 19.1. The first kappa shape index (κ1) is 27.4. The second kappa shape index (κ2) is 12.7. The van der Waals surface area contributed by atoms with Gasteiger partial charge in [0.2, 0.25) is 5.88 Å². The summed E-state index contributed by atoms with van der Waals surface area (Å²) in [4.78, 5) is 31.5. The van der Waals surface area contributed by atoms with Crippen LogP contribution in [0.2, 0.25) is 0 Å². The minimum Gasteiger partial charge on any atom is -0.475 e. The molecule has 196 valence electrons. The summed E-state index contributed by atoms with van der Waals surface area (Å²) in [5.74, 6) is 0.0876. The molecule has 2 amide bonds. The van der Waals surface area contributed by atoms with Crippen molar-refractivity contribution in [3.8, 4) is 5.88 Å². The van der Waals surface area contributed by atoms with Crippen molar-refractivity contribution in [1.29, 1.82) is 0 Å². The van der Waals surface area contributed by atoms with E-state index in [-0.39, 0.29) is 18.0 Å². The van der Waals surface area contributed by atoms with Crippen LogP contribution in [0.4, 0.5) is 9.18 Å². The number of nitrogens with one attached hydrogen (secondary N) is 1. The van der Waals surface area contributed by atoms with E-state index in [1.54, 1.807) is 24.3 Å². The number of aromatic nitrogens is 1. The van der Waals surface area contributed by atoms with Gasteiger partial charge >= 0.3 is 6.09 Å². The maximum atomic E-state index is 13.3. The summed E-state index contributed by atoms with van der Waals surface area (Å²) >= 11 is 0. The molecule has 1 aliphatic heterocycles. The molecule has 1 N–H and O–H groups in total. The van der Waals surface area contributed by atoms with Gasteiger partial charge in [-0.1, -0.05) is 6.07 Å². The topological polar surface area (TPSA) is 90.0 Å². The molecule has 1 unspecified atom stereocenters. The Morgan fingerprint density at radius 3 is 2.39 bits per heavy atom. The molecule has 1 aliphatic rings. The number of carbonyl (C=O) groups is 2. The number of nitrogens with zero attached hydrogens (tertiary/aromatic N) is 2. The zero-order valence-electron chi connectivity index (χ0n) is 21.5. The van der Waals surface area contributed by atoms with E-state index < -0.39 is 11.4 Å². The highest BCUT2D eigenvalue weighted by Gasteiger charge is 2.29. The van der Waals surface area contributed by atoms with Crippen molar-refractivity contribution >= 4 is 12.0 Å². The lowest BCUT2D eigenvalue weighted by atomic mass is 9.88. The van der Waals surface area contributed by atoms with E-state index in [1.807, 2.05) is 26.8 Å². The number of hydrogen-bond acceptors (Lipinski definition) is 6. The molecule has 1 aromatic carbocycles. The van der Waals surface area contributed by atoms with Crippen molar-refractivity contribution in [2.75, 3.05) is 33.4 Å². The first-order valence-electron chi connectivity index (χ1n) is 12.3. The predicted octanol–water partition coefficient (Wildman–Crippen LogP) is 4.75. The van der Waals surface area contributed by atoms with Gasteiger partial charge in [0.15, 0.2) is 0 Å². The lowest BCUT2D eigenvalue weighted by Gasteiger charge is -2.35. The van der Waals surface area contributed by atoms with Crippen LogP contribution in [0.5, 0.6) is 5.88 Å². The Labute approximate surface area is 212 Å². The van der Waals surface area contributed by atoms with E-state index in [0.29, 0.717) is 50.1 Å². The first-order chi connectivity index (χ1) is 17.1. The summed E-state index contributed by atoms with van der Waals surface area (Å²) in [7, 11) is 1.60. The molecule has 0 radical (unpaired) electrons. The lowest BCUT2D eigenvalue weighted by Crippen LogP contribution is -2.42. The molecule has 0 bridgehead atoms. The van der Waals surface area contributed by atoms with Crippen molar-refractivity contribution in [2.45, 2.75) is 51.7 Å². The minimum atomic E-state index is -0.532. The van der Waals surface area contributed by atoms with E-state index in [1.165, 1.54) is 24.3 Å². The van der Waals surface area contributed by atoms with Crippen molar-refractivity contribution in [2.24, 2.45) is 5.92 Å². The molecule has 0 saturated carbocycles. The van der Waals surface area contributed by atoms with Crippen molar-refractivity contribution in [3.63, 3.8) is 0 Å².